The molecule has 0 spiro atoms. The van der Waals surface area contributed by atoms with Crippen LogP contribution in [0.5, 0.6) is 0 Å². The van der Waals surface area contributed by atoms with Gasteiger partial charge in [0, 0.05) is 20.0 Å². The maximum absolute atomic E-state index is 12.4. The van der Waals surface area contributed by atoms with Gasteiger partial charge in [-0.1, -0.05) is 25.1 Å². The minimum atomic E-state index is -0.0773. The average molecular weight is 288 g/mol. The van der Waals surface area contributed by atoms with E-state index in [4.69, 9.17) is 0 Å². The van der Waals surface area contributed by atoms with E-state index in [0.29, 0.717) is 0 Å². The van der Waals surface area contributed by atoms with Gasteiger partial charge in [0.2, 0.25) is 11.8 Å². The van der Waals surface area contributed by atoms with E-state index in [1.165, 1.54) is 6.92 Å². The summed E-state index contributed by atoms with van der Waals surface area (Å²) >= 11 is 0. The summed E-state index contributed by atoms with van der Waals surface area (Å²) in [5.74, 6) is -0.0282. The lowest BCUT2D eigenvalue weighted by molar-refractivity contribution is -0.130. The highest BCUT2D eigenvalue weighted by atomic mass is 16.2. The van der Waals surface area contributed by atoms with Crippen LogP contribution in [0.15, 0.2) is 18.2 Å². The van der Waals surface area contributed by atoms with Gasteiger partial charge >= 0.3 is 0 Å². The van der Waals surface area contributed by atoms with Gasteiger partial charge in [-0.2, -0.15) is 0 Å². The summed E-state index contributed by atoms with van der Waals surface area (Å²) in [6, 6.07) is 6.02. The number of hydrogen-bond acceptors (Lipinski definition) is 2. The predicted octanol–water partition coefficient (Wildman–Crippen LogP) is 2.53. The fraction of sp³-hybridized carbons (Fsp3) is 0.529. The molecule has 1 aromatic carbocycles. The largest absolute Gasteiger partial charge is 0.341 e. The molecule has 1 aliphatic rings. The van der Waals surface area contributed by atoms with Crippen LogP contribution in [0.3, 0.4) is 0 Å². The Kier molecular flexibility index (Phi) is 4.99. The molecule has 0 aromatic heterocycles. The van der Waals surface area contributed by atoms with Crippen molar-refractivity contribution in [2.45, 2.75) is 40.0 Å². The van der Waals surface area contributed by atoms with Gasteiger partial charge in [-0.15, -0.1) is 0 Å². The topological polar surface area (TPSA) is 40.6 Å². The van der Waals surface area contributed by atoms with Crippen LogP contribution in [0.25, 0.3) is 0 Å². The fourth-order valence-electron chi connectivity index (χ4n) is 2.94. The Labute approximate surface area is 126 Å². The number of para-hydroxylation sites is 1. The van der Waals surface area contributed by atoms with Gasteiger partial charge in [0.1, 0.15) is 6.54 Å². The first kappa shape index (κ1) is 15.5. The Morgan fingerprint density at radius 2 is 1.90 bits per heavy atom. The smallest absolute Gasteiger partial charge is 0.242 e. The number of likely N-dealkylation sites (tertiary alicyclic amines) is 1. The lowest BCUT2D eigenvalue weighted by atomic mass is 10.0. The van der Waals surface area contributed by atoms with Gasteiger partial charge in [0.15, 0.2) is 0 Å². The first-order valence-electron chi connectivity index (χ1n) is 7.69. The Bertz CT molecular complexity index is 534. The number of amides is 2. The molecule has 0 saturated carbocycles. The Morgan fingerprint density at radius 3 is 2.48 bits per heavy atom. The molecule has 4 nitrogen and oxygen atoms in total. The zero-order valence-corrected chi connectivity index (χ0v) is 13.2. The second-order valence-electron chi connectivity index (χ2n) is 5.63. The third kappa shape index (κ3) is 3.43. The second-order valence-corrected chi connectivity index (χ2v) is 5.63. The highest BCUT2D eigenvalue weighted by Gasteiger charge is 2.24. The average Bonchev–Trinajstić information content (AvgIpc) is 2.98. The molecule has 21 heavy (non-hydrogen) atoms. The van der Waals surface area contributed by atoms with Crippen LogP contribution < -0.4 is 4.90 Å². The Balaban J connectivity index is 2.27. The van der Waals surface area contributed by atoms with Gasteiger partial charge in [-0.25, -0.2) is 0 Å². The zero-order valence-electron chi connectivity index (χ0n) is 13.2. The van der Waals surface area contributed by atoms with E-state index in [0.717, 1.165) is 49.2 Å². The molecule has 0 aliphatic carbocycles. The van der Waals surface area contributed by atoms with Crippen LogP contribution in [-0.2, 0) is 16.0 Å². The monoisotopic (exact) mass is 288 g/mol. The summed E-state index contributed by atoms with van der Waals surface area (Å²) in [5, 5.41) is 0. The molecule has 0 unspecified atom stereocenters. The third-order valence-electron chi connectivity index (χ3n) is 4.10. The summed E-state index contributed by atoms with van der Waals surface area (Å²) in [6.07, 6.45) is 2.98. The van der Waals surface area contributed by atoms with Crippen molar-refractivity contribution in [1.82, 2.24) is 4.90 Å². The molecule has 2 rings (SSSR count). The molecule has 0 radical (unpaired) electrons. The van der Waals surface area contributed by atoms with Crippen molar-refractivity contribution in [3.05, 3.63) is 29.3 Å². The summed E-state index contributed by atoms with van der Waals surface area (Å²) in [5.41, 5.74) is 3.05. The molecule has 0 bridgehead atoms. The van der Waals surface area contributed by atoms with E-state index in [2.05, 4.69) is 6.92 Å². The van der Waals surface area contributed by atoms with Crippen LogP contribution in [0.2, 0.25) is 0 Å². The summed E-state index contributed by atoms with van der Waals surface area (Å²) in [6.45, 7) is 7.37. The Hall–Kier alpha value is -1.84. The molecule has 4 heteroatoms. The van der Waals surface area contributed by atoms with Crippen molar-refractivity contribution in [2.24, 2.45) is 0 Å². The van der Waals surface area contributed by atoms with Crippen LogP contribution in [0.1, 0.15) is 37.8 Å². The van der Waals surface area contributed by atoms with Gasteiger partial charge in [-0.05, 0) is 37.3 Å². The first-order valence-corrected chi connectivity index (χ1v) is 7.69. The summed E-state index contributed by atoms with van der Waals surface area (Å²) < 4.78 is 0. The molecular formula is C17H24N2O2. The maximum atomic E-state index is 12.4. The lowest BCUT2D eigenvalue weighted by Crippen LogP contribution is -2.41. The van der Waals surface area contributed by atoms with Crippen molar-refractivity contribution in [2.75, 3.05) is 24.5 Å². The van der Waals surface area contributed by atoms with Gasteiger partial charge < -0.3 is 9.80 Å². The molecule has 1 heterocycles. The molecule has 0 atom stereocenters. The van der Waals surface area contributed by atoms with Crippen LogP contribution in [-0.4, -0.2) is 36.3 Å². The molecule has 114 valence electrons. The fourth-order valence-corrected chi connectivity index (χ4v) is 2.94. The van der Waals surface area contributed by atoms with Crippen molar-refractivity contribution in [3.63, 3.8) is 0 Å². The number of carbonyl (C=O) groups is 2. The molecule has 1 saturated heterocycles. The van der Waals surface area contributed by atoms with Gasteiger partial charge in [0.25, 0.3) is 0 Å². The molecular weight excluding hydrogens is 264 g/mol. The number of benzene rings is 1. The van der Waals surface area contributed by atoms with Crippen LogP contribution in [0, 0.1) is 6.92 Å². The number of anilines is 1. The van der Waals surface area contributed by atoms with Gasteiger partial charge in [0.05, 0.1) is 5.69 Å². The van der Waals surface area contributed by atoms with Crippen molar-refractivity contribution >= 4 is 17.5 Å². The van der Waals surface area contributed by atoms with E-state index in [1.807, 2.05) is 30.0 Å². The van der Waals surface area contributed by atoms with E-state index >= 15 is 0 Å². The Morgan fingerprint density at radius 1 is 1.24 bits per heavy atom. The molecule has 0 N–H and O–H groups in total. The first-order chi connectivity index (χ1) is 10.0. The normalized spacial score (nSPS) is 14.3. The zero-order chi connectivity index (χ0) is 15.4. The molecule has 1 aliphatic heterocycles. The predicted molar refractivity (Wildman–Crippen MR) is 84.4 cm³/mol. The third-order valence-corrected chi connectivity index (χ3v) is 4.10. The van der Waals surface area contributed by atoms with Gasteiger partial charge in [-0.3, -0.25) is 9.59 Å². The van der Waals surface area contributed by atoms with Crippen molar-refractivity contribution in [1.29, 1.82) is 0 Å². The van der Waals surface area contributed by atoms with Crippen molar-refractivity contribution < 1.29 is 9.59 Å². The van der Waals surface area contributed by atoms with Crippen LogP contribution >= 0.6 is 0 Å². The van der Waals surface area contributed by atoms with E-state index < -0.39 is 0 Å². The maximum Gasteiger partial charge on any atom is 0.242 e. The quantitative estimate of drug-likeness (QED) is 0.854. The highest BCUT2D eigenvalue weighted by Crippen LogP contribution is 2.26. The number of aryl methyl sites for hydroxylation is 2. The number of nitrogens with zero attached hydrogens (tertiary/aromatic N) is 2. The lowest BCUT2D eigenvalue weighted by Gasteiger charge is -2.27. The molecule has 2 amide bonds. The minimum Gasteiger partial charge on any atom is -0.341 e. The van der Waals surface area contributed by atoms with E-state index in [-0.39, 0.29) is 18.4 Å². The van der Waals surface area contributed by atoms with Crippen molar-refractivity contribution in [3.8, 4) is 0 Å². The molecule has 1 fully saturated rings. The molecule has 1 aromatic rings. The SMILES string of the molecule is CCc1cccc(C)c1N(CC(=O)N1CCCC1)C(C)=O. The summed E-state index contributed by atoms with van der Waals surface area (Å²) in [4.78, 5) is 27.9. The highest BCUT2D eigenvalue weighted by molar-refractivity contribution is 5.98. The van der Waals surface area contributed by atoms with E-state index in [9.17, 15) is 9.59 Å². The van der Waals surface area contributed by atoms with E-state index in [1.54, 1.807) is 4.90 Å². The second kappa shape index (κ2) is 6.74. The standard InChI is InChI=1S/C17H24N2O2/c1-4-15-9-7-8-13(2)17(15)19(14(3)20)12-16(21)18-10-5-6-11-18/h7-9H,4-6,10-12H2,1-3H3. The minimum absolute atomic E-state index is 0.0491. The number of carbonyl (C=O) groups excluding carboxylic acids is 2. The summed E-state index contributed by atoms with van der Waals surface area (Å²) in [7, 11) is 0. The number of rotatable bonds is 4. The number of hydrogen-bond donors (Lipinski definition) is 0. The van der Waals surface area contributed by atoms with Crippen LogP contribution in [0.4, 0.5) is 5.69 Å².